The van der Waals surface area contributed by atoms with Crippen LogP contribution in [0.3, 0.4) is 0 Å². The Morgan fingerprint density at radius 1 is 1.20 bits per heavy atom. The van der Waals surface area contributed by atoms with Crippen molar-refractivity contribution in [1.29, 1.82) is 0 Å². The predicted octanol–water partition coefficient (Wildman–Crippen LogP) is 4.38. The molecule has 4 nitrogen and oxygen atoms in total. The summed E-state index contributed by atoms with van der Waals surface area (Å²) in [5.41, 5.74) is 3.24. The molecule has 2 aromatic heterocycles. The van der Waals surface area contributed by atoms with Gasteiger partial charge in [-0.05, 0) is 26.2 Å². The highest BCUT2D eigenvalue weighted by atomic mass is 35.5. The summed E-state index contributed by atoms with van der Waals surface area (Å²) in [6, 6.07) is 0.432. The Bertz CT molecular complexity index is 578. The molecule has 0 aliphatic heterocycles. The average molecular weight is 297 g/mol. The molecule has 0 radical (unpaired) electrons. The Kier molecular flexibility index (Phi) is 4.74. The largest absolute Gasteiger partial charge is 0.309 e. The van der Waals surface area contributed by atoms with E-state index in [2.05, 4.69) is 30.4 Å². The number of aromatic nitrogens is 4. The number of nitrogens with zero attached hydrogens (tertiary/aromatic N) is 4. The van der Waals surface area contributed by atoms with Crippen LogP contribution in [0.5, 0.6) is 0 Å². The van der Waals surface area contributed by atoms with Crippen LogP contribution in [0.15, 0.2) is 0 Å². The molecule has 0 saturated heterocycles. The van der Waals surface area contributed by atoms with E-state index in [0.29, 0.717) is 6.04 Å². The van der Waals surface area contributed by atoms with Crippen molar-refractivity contribution in [2.45, 2.75) is 64.8 Å². The predicted molar refractivity (Wildman–Crippen MR) is 84.4 cm³/mol. The number of hydrogen-bond acceptors (Lipinski definition) is 2. The van der Waals surface area contributed by atoms with Crippen molar-refractivity contribution in [2.24, 2.45) is 7.05 Å². The zero-order valence-electron chi connectivity index (χ0n) is 13.1. The fourth-order valence-corrected chi connectivity index (χ4v) is 3.07. The topological polar surface area (TPSA) is 35.6 Å². The molecular weight excluding hydrogens is 272 g/mol. The zero-order valence-corrected chi connectivity index (χ0v) is 13.9. The van der Waals surface area contributed by atoms with Crippen LogP contribution in [0, 0.1) is 0 Å². The van der Waals surface area contributed by atoms with Gasteiger partial charge in [-0.2, -0.15) is 5.10 Å². The van der Waals surface area contributed by atoms with E-state index in [0.717, 1.165) is 48.4 Å². The van der Waals surface area contributed by atoms with Gasteiger partial charge in [-0.3, -0.25) is 4.68 Å². The number of halogens is 1. The van der Waals surface area contributed by atoms with Crippen LogP contribution in [-0.2, 0) is 13.5 Å². The van der Waals surface area contributed by atoms with Gasteiger partial charge in [-0.1, -0.05) is 27.2 Å². The monoisotopic (exact) mass is 296 g/mol. The molecule has 2 aromatic rings. The maximum Gasteiger partial charge on any atom is 0.158 e. The molecule has 2 rings (SSSR count). The van der Waals surface area contributed by atoms with E-state index in [-0.39, 0.29) is 5.38 Å². The summed E-state index contributed by atoms with van der Waals surface area (Å²) < 4.78 is 4.27. The fourth-order valence-electron chi connectivity index (χ4n) is 2.92. The van der Waals surface area contributed by atoms with Crippen LogP contribution < -0.4 is 0 Å². The number of alkyl halides is 1. The zero-order chi connectivity index (χ0) is 14.9. The highest BCUT2D eigenvalue weighted by molar-refractivity contribution is 6.20. The van der Waals surface area contributed by atoms with Gasteiger partial charge in [0.05, 0.1) is 11.1 Å². The van der Waals surface area contributed by atoms with Crippen molar-refractivity contribution >= 4 is 22.8 Å². The first-order valence-electron chi connectivity index (χ1n) is 7.62. The van der Waals surface area contributed by atoms with E-state index in [1.165, 1.54) is 0 Å². The summed E-state index contributed by atoms with van der Waals surface area (Å²) in [7, 11) is 2.00. The van der Waals surface area contributed by atoms with Gasteiger partial charge in [0, 0.05) is 13.1 Å². The Morgan fingerprint density at radius 3 is 2.35 bits per heavy atom. The van der Waals surface area contributed by atoms with Gasteiger partial charge in [0.1, 0.15) is 11.3 Å². The van der Waals surface area contributed by atoms with Crippen LogP contribution >= 0.6 is 11.6 Å². The van der Waals surface area contributed by atoms with E-state index >= 15 is 0 Å². The molecule has 0 fully saturated rings. The minimum atomic E-state index is -0.0857. The number of fused-ring (bicyclic) bond motifs is 1. The molecule has 112 valence electrons. The summed E-state index contributed by atoms with van der Waals surface area (Å²) in [4.78, 5) is 4.82. The third-order valence-corrected chi connectivity index (χ3v) is 4.11. The molecule has 1 unspecified atom stereocenters. The molecule has 2 heterocycles. The first-order chi connectivity index (χ1) is 9.54. The van der Waals surface area contributed by atoms with Crippen molar-refractivity contribution in [1.82, 2.24) is 19.3 Å². The molecule has 20 heavy (non-hydrogen) atoms. The Labute approximate surface area is 126 Å². The van der Waals surface area contributed by atoms with Gasteiger partial charge in [-0.15, -0.1) is 11.6 Å². The smallest absolute Gasteiger partial charge is 0.158 e. The molecule has 0 aliphatic carbocycles. The highest BCUT2D eigenvalue weighted by Gasteiger charge is 2.24. The molecule has 0 N–H and O–H groups in total. The Morgan fingerprint density at radius 2 is 1.85 bits per heavy atom. The minimum Gasteiger partial charge on any atom is -0.309 e. The molecule has 1 atom stereocenters. The van der Waals surface area contributed by atoms with Gasteiger partial charge in [0.15, 0.2) is 5.65 Å². The van der Waals surface area contributed by atoms with Gasteiger partial charge >= 0.3 is 0 Å². The number of hydrogen-bond donors (Lipinski definition) is 0. The summed E-state index contributed by atoms with van der Waals surface area (Å²) in [6.45, 7) is 8.59. The molecule has 0 amide bonds. The minimum absolute atomic E-state index is 0.0857. The SMILES string of the molecule is CCCc1nn(C)c2c1nc(C(C)Cl)n2C(CC)CC. The van der Waals surface area contributed by atoms with E-state index in [1.54, 1.807) is 0 Å². The Hall–Kier alpha value is -1.03. The molecule has 0 aliphatic rings. The lowest BCUT2D eigenvalue weighted by atomic mass is 10.1. The van der Waals surface area contributed by atoms with E-state index in [4.69, 9.17) is 16.6 Å². The number of imidazole rings is 1. The van der Waals surface area contributed by atoms with Crippen molar-refractivity contribution in [3.8, 4) is 0 Å². The first kappa shape index (κ1) is 15.4. The Balaban J connectivity index is 2.71. The number of rotatable bonds is 6. The van der Waals surface area contributed by atoms with Crippen LogP contribution in [0.1, 0.15) is 69.9 Å². The van der Waals surface area contributed by atoms with Crippen LogP contribution in [0.2, 0.25) is 0 Å². The lowest BCUT2D eigenvalue weighted by Gasteiger charge is -2.19. The van der Waals surface area contributed by atoms with Crippen LogP contribution in [0.4, 0.5) is 0 Å². The van der Waals surface area contributed by atoms with Crippen molar-refractivity contribution in [2.75, 3.05) is 0 Å². The van der Waals surface area contributed by atoms with E-state index in [1.807, 2.05) is 18.7 Å². The van der Waals surface area contributed by atoms with Gasteiger partial charge in [-0.25, -0.2) is 4.98 Å². The lowest BCUT2D eigenvalue weighted by molar-refractivity contribution is 0.458. The van der Waals surface area contributed by atoms with Gasteiger partial charge in [0.25, 0.3) is 0 Å². The maximum atomic E-state index is 6.36. The van der Waals surface area contributed by atoms with Gasteiger partial charge < -0.3 is 4.57 Å². The normalized spacial score (nSPS) is 13.6. The second-order valence-electron chi connectivity index (χ2n) is 5.42. The van der Waals surface area contributed by atoms with Crippen molar-refractivity contribution in [3.05, 3.63) is 11.5 Å². The van der Waals surface area contributed by atoms with Crippen molar-refractivity contribution in [3.63, 3.8) is 0 Å². The van der Waals surface area contributed by atoms with Crippen LogP contribution in [0.25, 0.3) is 11.2 Å². The fraction of sp³-hybridized carbons (Fsp3) is 0.733. The third kappa shape index (κ3) is 2.46. The second-order valence-corrected chi connectivity index (χ2v) is 6.07. The molecule has 0 spiro atoms. The summed E-state index contributed by atoms with van der Waals surface area (Å²) in [6.07, 6.45) is 4.20. The highest BCUT2D eigenvalue weighted by Crippen LogP contribution is 2.32. The summed E-state index contributed by atoms with van der Waals surface area (Å²) in [5.74, 6) is 0.973. The molecule has 0 bridgehead atoms. The molecular formula is C15H25ClN4. The maximum absolute atomic E-state index is 6.36. The molecule has 5 heteroatoms. The van der Waals surface area contributed by atoms with E-state index in [9.17, 15) is 0 Å². The van der Waals surface area contributed by atoms with Crippen LogP contribution in [-0.4, -0.2) is 19.3 Å². The van der Waals surface area contributed by atoms with E-state index < -0.39 is 0 Å². The van der Waals surface area contributed by atoms with Gasteiger partial charge in [0.2, 0.25) is 0 Å². The number of aryl methyl sites for hydroxylation is 2. The second kappa shape index (κ2) is 6.17. The standard InChI is InChI=1S/C15H25ClN4/c1-6-9-12-13-15(19(5)18-12)20(11(7-2)8-3)14(17-13)10(4)16/h10-11H,6-9H2,1-5H3. The quantitative estimate of drug-likeness (QED) is 0.741. The first-order valence-corrected chi connectivity index (χ1v) is 8.06. The third-order valence-electron chi connectivity index (χ3n) is 3.91. The lowest BCUT2D eigenvalue weighted by Crippen LogP contribution is -2.13. The van der Waals surface area contributed by atoms with Crippen molar-refractivity contribution < 1.29 is 0 Å². The summed E-state index contributed by atoms with van der Waals surface area (Å²) >= 11 is 6.36. The average Bonchev–Trinajstić information content (AvgIpc) is 2.92. The molecule has 0 aromatic carbocycles. The summed E-state index contributed by atoms with van der Waals surface area (Å²) in [5, 5.41) is 4.56. The molecule has 0 saturated carbocycles.